The minimum Gasteiger partial charge on any atom is -0.481 e. The third kappa shape index (κ3) is 2.59. The summed E-state index contributed by atoms with van der Waals surface area (Å²) >= 11 is 0. The van der Waals surface area contributed by atoms with Crippen LogP contribution < -0.4 is 0 Å². The summed E-state index contributed by atoms with van der Waals surface area (Å²) in [5.74, 6) is -4.40. The van der Waals surface area contributed by atoms with E-state index in [0.717, 1.165) is 9.80 Å². The lowest BCUT2D eigenvalue weighted by Gasteiger charge is -2.39. The molecule has 110 valence electrons. The fraction of sp³-hybridized carbons (Fsp3) is 0.667. The predicted octanol–water partition coefficient (Wildman–Crippen LogP) is -1.00. The van der Waals surface area contributed by atoms with Crippen LogP contribution >= 0.6 is 0 Å². The second kappa shape index (κ2) is 5.48. The van der Waals surface area contributed by atoms with Crippen molar-refractivity contribution in [2.75, 3.05) is 19.6 Å². The zero-order valence-electron chi connectivity index (χ0n) is 10.8. The molecule has 0 spiro atoms. The van der Waals surface area contributed by atoms with Gasteiger partial charge in [-0.1, -0.05) is 0 Å². The summed E-state index contributed by atoms with van der Waals surface area (Å²) in [5, 5.41) is 17.8. The van der Waals surface area contributed by atoms with Crippen LogP contribution in [0.15, 0.2) is 0 Å². The fourth-order valence-corrected chi connectivity index (χ4v) is 2.49. The molecule has 0 saturated carbocycles. The number of piperidine rings is 1. The van der Waals surface area contributed by atoms with Crippen molar-refractivity contribution in [1.82, 2.24) is 9.80 Å². The third-order valence-electron chi connectivity index (χ3n) is 3.75. The standard InChI is InChI=1S/C12H16N2O6/c15-9(13-5-7(6-13)11(17)18)10(16)14-4-2-1-3-8(14)12(19)20/h7-8H,1-6H2,(H,17,18)(H,19,20)/t8-/m0/s1. The quantitative estimate of drug-likeness (QED) is 0.628. The lowest BCUT2D eigenvalue weighted by molar-refractivity contribution is -0.164. The number of amides is 2. The van der Waals surface area contributed by atoms with Crippen LogP contribution in [0.4, 0.5) is 0 Å². The Kier molecular flexibility index (Phi) is 3.91. The highest BCUT2D eigenvalue weighted by atomic mass is 16.4. The third-order valence-corrected chi connectivity index (χ3v) is 3.75. The van der Waals surface area contributed by atoms with Crippen molar-refractivity contribution in [2.24, 2.45) is 5.92 Å². The molecule has 0 aromatic rings. The first-order valence-corrected chi connectivity index (χ1v) is 6.47. The van der Waals surface area contributed by atoms with E-state index >= 15 is 0 Å². The van der Waals surface area contributed by atoms with Crippen molar-refractivity contribution in [3.63, 3.8) is 0 Å². The molecule has 8 nitrogen and oxygen atoms in total. The van der Waals surface area contributed by atoms with Gasteiger partial charge < -0.3 is 20.0 Å². The molecule has 2 aliphatic heterocycles. The minimum atomic E-state index is -1.11. The Hall–Kier alpha value is -2.12. The van der Waals surface area contributed by atoms with Gasteiger partial charge in [-0.25, -0.2) is 4.79 Å². The first-order chi connectivity index (χ1) is 9.41. The number of carboxylic acids is 2. The lowest BCUT2D eigenvalue weighted by Crippen LogP contribution is -2.59. The number of carboxylic acid groups (broad SMARTS) is 2. The molecule has 0 aliphatic carbocycles. The number of likely N-dealkylation sites (tertiary alicyclic amines) is 2. The maximum absolute atomic E-state index is 12.0. The van der Waals surface area contributed by atoms with Gasteiger partial charge in [0, 0.05) is 19.6 Å². The van der Waals surface area contributed by atoms with Crippen molar-refractivity contribution < 1.29 is 29.4 Å². The van der Waals surface area contributed by atoms with Crippen molar-refractivity contribution in [2.45, 2.75) is 25.3 Å². The van der Waals surface area contributed by atoms with Crippen molar-refractivity contribution in [3.8, 4) is 0 Å². The van der Waals surface area contributed by atoms with Gasteiger partial charge in [0.15, 0.2) is 0 Å². The summed E-state index contributed by atoms with van der Waals surface area (Å²) in [7, 11) is 0. The molecule has 20 heavy (non-hydrogen) atoms. The summed E-state index contributed by atoms with van der Waals surface area (Å²) in [6.07, 6.45) is 1.71. The average molecular weight is 284 g/mol. The van der Waals surface area contributed by atoms with Crippen LogP contribution in [-0.2, 0) is 19.2 Å². The van der Waals surface area contributed by atoms with Gasteiger partial charge in [0.1, 0.15) is 6.04 Å². The first kappa shape index (κ1) is 14.3. The zero-order chi connectivity index (χ0) is 14.9. The number of nitrogens with zero attached hydrogens (tertiary/aromatic N) is 2. The first-order valence-electron chi connectivity index (χ1n) is 6.47. The molecule has 2 N–H and O–H groups in total. The molecular weight excluding hydrogens is 268 g/mol. The van der Waals surface area contributed by atoms with E-state index in [1.807, 2.05) is 0 Å². The van der Waals surface area contributed by atoms with Gasteiger partial charge >= 0.3 is 23.8 Å². The Morgan fingerprint density at radius 2 is 1.55 bits per heavy atom. The molecule has 2 saturated heterocycles. The molecule has 0 radical (unpaired) electrons. The van der Waals surface area contributed by atoms with Gasteiger partial charge in [-0.05, 0) is 19.3 Å². The monoisotopic (exact) mass is 284 g/mol. The van der Waals surface area contributed by atoms with E-state index in [0.29, 0.717) is 19.3 Å². The topological polar surface area (TPSA) is 115 Å². The lowest BCUT2D eigenvalue weighted by atomic mass is 9.99. The van der Waals surface area contributed by atoms with E-state index in [2.05, 4.69) is 0 Å². The van der Waals surface area contributed by atoms with E-state index < -0.39 is 35.7 Å². The van der Waals surface area contributed by atoms with Crippen LogP contribution in [0.5, 0.6) is 0 Å². The van der Waals surface area contributed by atoms with E-state index in [9.17, 15) is 19.2 Å². The number of hydrogen-bond donors (Lipinski definition) is 2. The highest BCUT2D eigenvalue weighted by Crippen LogP contribution is 2.20. The molecule has 0 aromatic carbocycles. The molecule has 8 heteroatoms. The van der Waals surface area contributed by atoms with Crippen LogP contribution in [0.1, 0.15) is 19.3 Å². The van der Waals surface area contributed by atoms with Crippen LogP contribution in [0.3, 0.4) is 0 Å². The molecule has 2 amide bonds. The van der Waals surface area contributed by atoms with Gasteiger partial charge in [-0.3, -0.25) is 14.4 Å². The number of carbonyl (C=O) groups is 4. The Balaban J connectivity index is 1.98. The van der Waals surface area contributed by atoms with Gasteiger partial charge in [0.2, 0.25) is 0 Å². The maximum atomic E-state index is 12.0. The second-order valence-electron chi connectivity index (χ2n) is 5.09. The Morgan fingerprint density at radius 1 is 0.900 bits per heavy atom. The molecule has 1 atom stereocenters. The second-order valence-corrected chi connectivity index (χ2v) is 5.09. The summed E-state index contributed by atoms with van der Waals surface area (Å²) in [5.41, 5.74) is 0. The maximum Gasteiger partial charge on any atom is 0.326 e. The van der Waals surface area contributed by atoms with E-state index in [1.165, 1.54) is 0 Å². The van der Waals surface area contributed by atoms with Crippen molar-refractivity contribution in [1.29, 1.82) is 0 Å². The Bertz CT molecular complexity index is 457. The molecule has 0 aromatic heterocycles. The largest absolute Gasteiger partial charge is 0.481 e. The Morgan fingerprint density at radius 3 is 2.10 bits per heavy atom. The zero-order valence-corrected chi connectivity index (χ0v) is 10.8. The van der Waals surface area contributed by atoms with E-state index in [1.54, 1.807) is 0 Å². The van der Waals surface area contributed by atoms with Gasteiger partial charge in [0.05, 0.1) is 5.92 Å². The van der Waals surface area contributed by atoms with Crippen LogP contribution in [0.25, 0.3) is 0 Å². The van der Waals surface area contributed by atoms with Crippen molar-refractivity contribution >= 4 is 23.8 Å². The smallest absolute Gasteiger partial charge is 0.326 e. The number of hydrogen-bond acceptors (Lipinski definition) is 4. The summed E-state index contributed by atoms with van der Waals surface area (Å²) in [6.45, 7) is 0.259. The van der Waals surface area contributed by atoms with Crippen LogP contribution in [0, 0.1) is 5.92 Å². The van der Waals surface area contributed by atoms with Gasteiger partial charge in [-0.2, -0.15) is 0 Å². The predicted molar refractivity (Wildman–Crippen MR) is 64.7 cm³/mol. The highest BCUT2D eigenvalue weighted by Gasteiger charge is 2.42. The normalized spacial score (nSPS) is 23.1. The molecule has 2 heterocycles. The molecule has 2 aliphatic rings. The molecule has 2 fully saturated rings. The Labute approximate surface area is 114 Å². The number of aliphatic carboxylic acids is 2. The summed E-state index contributed by atoms with van der Waals surface area (Å²) < 4.78 is 0. The van der Waals surface area contributed by atoms with E-state index in [-0.39, 0.29) is 19.6 Å². The van der Waals surface area contributed by atoms with Crippen LogP contribution in [0.2, 0.25) is 0 Å². The van der Waals surface area contributed by atoms with Gasteiger partial charge in [-0.15, -0.1) is 0 Å². The molecule has 0 unspecified atom stereocenters. The SMILES string of the molecule is O=C(O)C1CN(C(=O)C(=O)N2CCCC[C@H]2C(=O)O)C1. The highest BCUT2D eigenvalue weighted by molar-refractivity contribution is 6.35. The fourth-order valence-electron chi connectivity index (χ4n) is 2.49. The molecular formula is C12H16N2O6. The summed E-state index contributed by atoms with van der Waals surface area (Å²) in [6, 6.07) is -0.961. The number of rotatable bonds is 2. The molecule has 0 bridgehead atoms. The number of carbonyl (C=O) groups excluding carboxylic acids is 2. The van der Waals surface area contributed by atoms with E-state index in [4.69, 9.17) is 10.2 Å². The average Bonchev–Trinajstić information content (AvgIpc) is 2.35. The summed E-state index contributed by atoms with van der Waals surface area (Å²) in [4.78, 5) is 47.9. The minimum absolute atomic E-state index is 0.00544. The van der Waals surface area contributed by atoms with Crippen LogP contribution in [-0.4, -0.2) is 69.4 Å². The molecule has 2 rings (SSSR count). The van der Waals surface area contributed by atoms with Gasteiger partial charge in [0.25, 0.3) is 0 Å². The van der Waals surface area contributed by atoms with Crippen molar-refractivity contribution in [3.05, 3.63) is 0 Å².